The molecule has 0 fully saturated rings. The van der Waals surface area contributed by atoms with Crippen LogP contribution in [0.3, 0.4) is 0 Å². The molecule has 0 aliphatic rings. The highest BCUT2D eigenvalue weighted by Gasteiger charge is 2.08. The van der Waals surface area contributed by atoms with E-state index in [-0.39, 0.29) is 6.04 Å². The first kappa shape index (κ1) is 12.0. The third-order valence-electron chi connectivity index (χ3n) is 2.39. The van der Waals surface area contributed by atoms with Crippen molar-refractivity contribution >= 4 is 11.3 Å². The molecule has 90 valence electrons. The number of aromatic nitrogens is 2. The Morgan fingerprint density at radius 3 is 2.53 bits per heavy atom. The highest BCUT2D eigenvalue weighted by molar-refractivity contribution is 7.11. The lowest BCUT2D eigenvalue weighted by atomic mass is 10.1. The Balaban J connectivity index is 2.08. The number of ether oxygens (including phenoxy) is 1. The fourth-order valence-electron chi connectivity index (χ4n) is 1.44. The van der Waals surface area contributed by atoms with Gasteiger partial charge in [-0.1, -0.05) is 23.5 Å². The molecule has 0 saturated carbocycles. The van der Waals surface area contributed by atoms with Crippen molar-refractivity contribution in [1.82, 2.24) is 10.2 Å². The van der Waals surface area contributed by atoms with Crippen molar-refractivity contribution in [3.8, 4) is 5.75 Å². The third kappa shape index (κ3) is 3.01. The lowest BCUT2D eigenvalue weighted by Crippen LogP contribution is -2.03. The molecule has 1 aromatic carbocycles. The zero-order valence-electron chi connectivity index (χ0n) is 9.88. The molecule has 0 aliphatic heterocycles. The van der Waals surface area contributed by atoms with Gasteiger partial charge in [-0.3, -0.25) is 0 Å². The van der Waals surface area contributed by atoms with E-state index in [2.05, 4.69) is 10.2 Å². The quantitative estimate of drug-likeness (QED) is 0.902. The van der Waals surface area contributed by atoms with Gasteiger partial charge >= 0.3 is 0 Å². The molecule has 2 rings (SSSR count). The third-order valence-corrected chi connectivity index (χ3v) is 3.51. The summed E-state index contributed by atoms with van der Waals surface area (Å²) in [5.41, 5.74) is 6.94. The maximum atomic E-state index is 5.75. The number of nitrogens with zero attached hydrogens (tertiary/aromatic N) is 2. The average molecular weight is 249 g/mol. The van der Waals surface area contributed by atoms with Crippen LogP contribution in [0.4, 0.5) is 0 Å². The van der Waals surface area contributed by atoms with Gasteiger partial charge in [0, 0.05) is 6.42 Å². The summed E-state index contributed by atoms with van der Waals surface area (Å²) in [6.45, 7) is 1.91. The summed E-state index contributed by atoms with van der Waals surface area (Å²) in [7, 11) is 1.66. The number of nitrogens with two attached hydrogens (primary N) is 1. The molecule has 0 aliphatic carbocycles. The van der Waals surface area contributed by atoms with Crippen molar-refractivity contribution in [3.63, 3.8) is 0 Å². The van der Waals surface area contributed by atoms with E-state index in [1.54, 1.807) is 18.4 Å². The predicted molar refractivity (Wildman–Crippen MR) is 68.3 cm³/mol. The molecular formula is C12H15N3OS. The van der Waals surface area contributed by atoms with Crippen molar-refractivity contribution in [3.05, 3.63) is 39.8 Å². The topological polar surface area (TPSA) is 61.0 Å². The summed E-state index contributed by atoms with van der Waals surface area (Å²) in [5.74, 6) is 0.863. The first-order valence-electron chi connectivity index (χ1n) is 5.40. The largest absolute Gasteiger partial charge is 0.497 e. The smallest absolute Gasteiger partial charge is 0.133 e. The van der Waals surface area contributed by atoms with E-state index in [0.717, 1.165) is 22.2 Å². The van der Waals surface area contributed by atoms with E-state index in [1.807, 2.05) is 31.2 Å². The van der Waals surface area contributed by atoms with E-state index < -0.39 is 0 Å². The van der Waals surface area contributed by atoms with Crippen molar-refractivity contribution < 1.29 is 4.74 Å². The van der Waals surface area contributed by atoms with Crippen LogP contribution < -0.4 is 10.5 Å². The first-order valence-corrected chi connectivity index (χ1v) is 6.21. The number of benzene rings is 1. The lowest BCUT2D eigenvalue weighted by molar-refractivity contribution is 0.414. The second-order valence-electron chi connectivity index (χ2n) is 3.85. The summed E-state index contributed by atoms with van der Waals surface area (Å²) in [5, 5.41) is 10.1. The minimum atomic E-state index is -0.0443. The second kappa shape index (κ2) is 5.25. The maximum absolute atomic E-state index is 5.75. The van der Waals surface area contributed by atoms with Crippen LogP contribution >= 0.6 is 11.3 Å². The van der Waals surface area contributed by atoms with Gasteiger partial charge in [0.2, 0.25) is 0 Å². The summed E-state index contributed by atoms with van der Waals surface area (Å²) in [6.07, 6.45) is 0.786. The van der Waals surface area contributed by atoms with Gasteiger partial charge in [0.05, 0.1) is 13.2 Å². The van der Waals surface area contributed by atoms with Gasteiger partial charge in [-0.15, -0.1) is 10.2 Å². The van der Waals surface area contributed by atoms with Gasteiger partial charge in [-0.05, 0) is 24.6 Å². The van der Waals surface area contributed by atoms with E-state index in [1.165, 1.54) is 5.56 Å². The molecule has 0 amide bonds. The van der Waals surface area contributed by atoms with E-state index in [4.69, 9.17) is 10.5 Å². The monoisotopic (exact) mass is 249 g/mol. The lowest BCUT2D eigenvalue weighted by Gasteiger charge is -2.01. The van der Waals surface area contributed by atoms with Crippen molar-refractivity contribution in [2.75, 3.05) is 7.11 Å². The zero-order valence-corrected chi connectivity index (χ0v) is 10.7. The van der Waals surface area contributed by atoms with Gasteiger partial charge in [0.15, 0.2) is 0 Å². The van der Waals surface area contributed by atoms with Gasteiger partial charge in [-0.2, -0.15) is 0 Å². The number of methoxy groups -OCH3 is 1. The Hall–Kier alpha value is -1.46. The summed E-state index contributed by atoms with van der Waals surface area (Å²) < 4.78 is 5.11. The molecule has 1 heterocycles. The molecule has 17 heavy (non-hydrogen) atoms. The van der Waals surface area contributed by atoms with Gasteiger partial charge < -0.3 is 10.5 Å². The van der Waals surface area contributed by atoms with Crippen LogP contribution in [0.15, 0.2) is 24.3 Å². The molecule has 0 spiro atoms. The van der Waals surface area contributed by atoms with Crippen molar-refractivity contribution in [2.24, 2.45) is 5.73 Å². The molecule has 1 unspecified atom stereocenters. The number of rotatable bonds is 4. The molecule has 4 nitrogen and oxygen atoms in total. The Kier molecular flexibility index (Phi) is 3.71. The van der Waals surface area contributed by atoms with Crippen LogP contribution in [0.2, 0.25) is 0 Å². The summed E-state index contributed by atoms with van der Waals surface area (Å²) in [6, 6.07) is 7.92. The van der Waals surface area contributed by atoms with Gasteiger partial charge in [-0.25, -0.2) is 0 Å². The molecule has 1 atom stereocenters. The molecule has 0 radical (unpaired) electrons. The second-order valence-corrected chi connectivity index (χ2v) is 4.94. The standard InChI is InChI=1S/C12H15N3OS/c1-8(13)12-15-14-11(17-12)7-9-3-5-10(16-2)6-4-9/h3-6,8H,7,13H2,1-2H3. The Labute approximate surface area is 104 Å². The predicted octanol–water partition coefficient (Wildman–Crippen LogP) is 2.16. The van der Waals surface area contributed by atoms with Crippen LogP contribution in [0.1, 0.15) is 28.5 Å². The van der Waals surface area contributed by atoms with Crippen LogP contribution in [0, 0.1) is 0 Å². The van der Waals surface area contributed by atoms with Gasteiger partial charge in [0.1, 0.15) is 15.8 Å². The normalized spacial score (nSPS) is 12.4. The minimum Gasteiger partial charge on any atom is -0.497 e. The molecular weight excluding hydrogens is 234 g/mol. The molecule has 2 aromatic rings. The molecule has 0 bridgehead atoms. The molecule has 2 N–H and O–H groups in total. The average Bonchev–Trinajstić information content (AvgIpc) is 2.79. The number of hydrogen-bond donors (Lipinski definition) is 1. The SMILES string of the molecule is COc1ccc(Cc2nnc(C(C)N)s2)cc1. The van der Waals surface area contributed by atoms with Gasteiger partial charge in [0.25, 0.3) is 0 Å². The molecule has 1 aromatic heterocycles. The van der Waals surface area contributed by atoms with E-state index in [0.29, 0.717) is 0 Å². The highest BCUT2D eigenvalue weighted by atomic mass is 32.1. The number of hydrogen-bond acceptors (Lipinski definition) is 5. The summed E-state index contributed by atoms with van der Waals surface area (Å²) >= 11 is 1.57. The minimum absolute atomic E-state index is 0.0443. The summed E-state index contributed by atoms with van der Waals surface area (Å²) in [4.78, 5) is 0. The fraction of sp³-hybridized carbons (Fsp3) is 0.333. The van der Waals surface area contributed by atoms with Crippen LogP contribution in [0.5, 0.6) is 5.75 Å². The Morgan fingerprint density at radius 2 is 2.00 bits per heavy atom. The maximum Gasteiger partial charge on any atom is 0.133 e. The molecule has 5 heteroatoms. The van der Waals surface area contributed by atoms with Crippen LogP contribution in [-0.2, 0) is 6.42 Å². The molecule has 0 saturated heterocycles. The Bertz CT molecular complexity index is 479. The van der Waals surface area contributed by atoms with E-state index >= 15 is 0 Å². The van der Waals surface area contributed by atoms with E-state index in [9.17, 15) is 0 Å². The fourth-order valence-corrected chi connectivity index (χ4v) is 2.27. The highest BCUT2D eigenvalue weighted by Crippen LogP contribution is 2.19. The zero-order chi connectivity index (χ0) is 12.3. The first-order chi connectivity index (χ1) is 8.19. The van der Waals surface area contributed by atoms with Crippen molar-refractivity contribution in [1.29, 1.82) is 0 Å². The Morgan fingerprint density at radius 1 is 1.29 bits per heavy atom. The van der Waals surface area contributed by atoms with Crippen molar-refractivity contribution in [2.45, 2.75) is 19.4 Å². The van der Waals surface area contributed by atoms with Crippen LogP contribution in [-0.4, -0.2) is 17.3 Å². The van der Waals surface area contributed by atoms with Crippen LogP contribution in [0.25, 0.3) is 0 Å².